The molecule has 0 aromatic rings. The van der Waals surface area contributed by atoms with Gasteiger partial charge in [-0.2, -0.15) is 0 Å². The van der Waals surface area contributed by atoms with Crippen molar-refractivity contribution in [2.75, 3.05) is 13.7 Å². The summed E-state index contributed by atoms with van der Waals surface area (Å²) in [5.74, 6) is -1.14. The molecule has 15 heavy (non-hydrogen) atoms. The first kappa shape index (κ1) is 13.9. The predicted molar refractivity (Wildman–Crippen MR) is 55.5 cm³/mol. The molecule has 0 aliphatic heterocycles. The second-order valence-corrected chi connectivity index (χ2v) is 3.63. The molecule has 0 aliphatic rings. The van der Waals surface area contributed by atoms with Crippen molar-refractivity contribution in [3.05, 3.63) is 0 Å². The van der Waals surface area contributed by atoms with Gasteiger partial charge in [0.1, 0.15) is 6.04 Å². The maximum atomic E-state index is 11.4. The highest BCUT2D eigenvalue weighted by Crippen LogP contribution is 2.02. The number of ether oxygens (including phenoxy) is 1. The number of carboxylic acid groups (broad SMARTS) is 1. The monoisotopic (exact) mass is 217 g/mol. The summed E-state index contributed by atoms with van der Waals surface area (Å²) in [5.41, 5.74) is 0. The number of rotatable bonds is 7. The van der Waals surface area contributed by atoms with E-state index < -0.39 is 12.0 Å². The quantitative estimate of drug-likeness (QED) is 0.656. The number of nitrogens with one attached hydrogen (secondary N) is 1. The Morgan fingerprint density at radius 3 is 2.47 bits per heavy atom. The van der Waals surface area contributed by atoms with Gasteiger partial charge in [0.15, 0.2) is 0 Å². The number of hydrogen-bond acceptors (Lipinski definition) is 3. The second kappa shape index (κ2) is 7.23. The van der Waals surface area contributed by atoms with Crippen LogP contribution in [0.15, 0.2) is 0 Å². The van der Waals surface area contributed by atoms with Crippen molar-refractivity contribution in [1.82, 2.24) is 5.32 Å². The Morgan fingerprint density at radius 2 is 2.07 bits per heavy atom. The molecule has 2 N–H and O–H groups in total. The Hall–Kier alpha value is -1.10. The summed E-state index contributed by atoms with van der Waals surface area (Å²) >= 11 is 0. The molecule has 0 rings (SSSR count). The lowest BCUT2D eigenvalue weighted by molar-refractivity contribution is -0.142. The topological polar surface area (TPSA) is 75.6 Å². The Kier molecular flexibility index (Phi) is 6.70. The third-order valence-corrected chi connectivity index (χ3v) is 2.03. The second-order valence-electron chi connectivity index (χ2n) is 3.63. The summed E-state index contributed by atoms with van der Waals surface area (Å²) in [6.45, 7) is 4.10. The van der Waals surface area contributed by atoms with E-state index in [9.17, 15) is 9.59 Å². The number of carbonyl (C=O) groups is 2. The molecule has 0 fully saturated rings. The molecule has 1 amide bonds. The van der Waals surface area contributed by atoms with E-state index in [4.69, 9.17) is 9.84 Å². The van der Waals surface area contributed by atoms with Gasteiger partial charge in [-0.25, -0.2) is 4.79 Å². The smallest absolute Gasteiger partial charge is 0.326 e. The summed E-state index contributed by atoms with van der Waals surface area (Å²) < 4.78 is 4.89. The minimum atomic E-state index is -0.995. The number of amides is 1. The van der Waals surface area contributed by atoms with Gasteiger partial charge in [-0.15, -0.1) is 0 Å². The molecule has 0 spiro atoms. The van der Waals surface area contributed by atoms with Gasteiger partial charge in [-0.05, 0) is 12.3 Å². The molecule has 0 bridgehead atoms. The van der Waals surface area contributed by atoms with Crippen LogP contribution in [0.2, 0.25) is 0 Å². The molecule has 88 valence electrons. The van der Waals surface area contributed by atoms with Crippen LogP contribution in [0, 0.1) is 5.92 Å². The van der Waals surface area contributed by atoms with E-state index in [0.717, 1.165) is 0 Å². The third kappa shape index (κ3) is 6.06. The van der Waals surface area contributed by atoms with Crippen LogP contribution in [-0.4, -0.2) is 36.7 Å². The maximum absolute atomic E-state index is 11.4. The minimum absolute atomic E-state index is 0.0984. The molecule has 0 aliphatic carbocycles. The molecule has 0 saturated heterocycles. The van der Waals surface area contributed by atoms with E-state index in [1.165, 1.54) is 0 Å². The normalized spacial score (nSPS) is 14.3. The van der Waals surface area contributed by atoms with E-state index in [1.54, 1.807) is 14.0 Å². The fraction of sp³-hybridized carbons (Fsp3) is 0.800. The SMILES string of the molecule is CC[C@@H](NC(=O)CC(C)COC)C(=O)O. The van der Waals surface area contributed by atoms with Crippen LogP contribution >= 0.6 is 0 Å². The van der Waals surface area contributed by atoms with Gasteiger partial charge in [0.2, 0.25) is 5.91 Å². The van der Waals surface area contributed by atoms with Gasteiger partial charge in [-0.3, -0.25) is 4.79 Å². The first-order chi connectivity index (χ1) is 7.01. The molecule has 0 heterocycles. The third-order valence-electron chi connectivity index (χ3n) is 2.03. The number of hydrogen-bond donors (Lipinski definition) is 2. The van der Waals surface area contributed by atoms with Crippen LogP contribution in [0.4, 0.5) is 0 Å². The molecule has 2 atom stereocenters. The molecule has 5 nitrogen and oxygen atoms in total. The highest BCUT2D eigenvalue weighted by atomic mass is 16.5. The van der Waals surface area contributed by atoms with Crippen LogP contribution < -0.4 is 5.32 Å². The van der Waals surface area contributed by atoms with Crippen LogP contribution in [0.1, 0.15) is 26.7 Å². The maximum Gasteiger partial charge on any atom is 0.326 e. The van der Waals surface area contributed by atoms with Crippen molar-refractivity contribution in [1.29, 1.82) is 0 Å². The van der Waals surface area contributed by atoms with Crippen molar-refractivity contribution in [2.45, 2.75) is 32.7 Å². The van der Waals surface area contributed by atoms with Gasteiger partial charge >= 0.3 is 5.97 Å². The minimum Gasteiger partial charge on any atom is -0.480 e. The van der Waals surface area contributed by atoms with Crippen molar-refractivity contribution < 1.29 is 19.4 Å². The summed E-state index contributed by atoms with van der Waals surface area (Å²) in [6, 6.07) is -0.785. The van der Waals surface area contributed by atoms with E-state index >= 15 is 0 Å². The standard InChI is InChI=1S/C10H19NO4/c1-4-8(10(13)14)11-9(12)5-7(2)6-15-3/h7-8H,4-6H2,1-3H3,(H,11,12)(H,13,14)/t7?,8-/m1/s1. The van der Waals surface area contributed by atoms with Crippen LogP contribution in [0.3, 0.4) is 0 Å². The summed E-state index contributed by atoms with van der Waals surface area (Å²) in [5, 5.41) is 11.2. The van der Waals surface area contributed by atoms with E-state index in [1.807, 2.05) is 6.92 Å². The average Bonchev–Trinajstić information content (AvgIpc) is 2.13. The predicted octanol–water partition coefficient (Wildman–Crippen LogP) is 0.638. The zero-order valence-corrected chi connectivity index (χ0v) is 9.45. The van der Waals surface area contributed by atoms with E-state index in [-0.39, 0.29) is 18.2 Å². The molecular formula is C10H19NO4. The fourth-order valence-corrected chi connectivity index (χ4v) is 1.25. The highest BCUT2D eigenvalue weighted by molar-refractivity contribution is 5.83. The van der Waals surface area contributed by atoms with E-state index in [2.05, 4.69) is 5.32 Å². The molecule has 0 saturated carbocycles. The number of methoxy groups -OCH3 is 1. The average molecular weight is 217 g/mol. The lowest BCUT2D eigenvalue weighted by Crippen LogP contribution is -2.40. The zero-order chi connectivity index (χ0) is 11.8. The van der Waals surface area contributed by atoms with Crippen LogP contribution in [-0.2, 0) is 14.3 Å². The van der Waals surface area contributed by atoms with Crippen molar-refractivity contribution in [2.24, 2.45) is 5.92 Å². The molecule has 0 aromatic carbocycles. The molecular weight excluding hydrogens is 198 g/mol. The molecule has 1 unspecified atom stereocenters. The Morgan fingerprint density at radius 1 is 1.47 bits per heavy atom. The van der Waals surface area contributed by atoms with Crippen molar-refractivity contribution in [3.63, 3.8) is 0 Å². The van der Waals surface area contributed by atoms with E-state index in [0.29, 0.717) is 13.0 Å². The summed E-state index contributed by atoms with van der Waals surface area (Å²) in [4.78, 5) is 22.0. The van der Waals surface area contributed by atoms with Crippen LogP contribution in [0.5, 0.6) is 0 Å². The largest absolute Gasteiger partial charge is 0.480 e. The highest BCUT2D eigenvalue weighted by Gasteiger charge is 2.18. The van der Waals surface area contributed by atoms with Gasteiger partial charge in [-0.1, -0.05) is 13.8 Å². The summed E-state index contributed by atoms with van der Waals surface area (Å²) in [7, 11) is 1.57. The first-order valence-electron chi connectivity index (χ1n) is 5.02. The number of carbonyl (C=O) groups excluding carboxylic acids is 1. The van der Waals surface area contributed by atoms with Crippen molar-refractivity contribution in [3.8, 4) is 0 Å². The lowest BCUT2D eigenvalue weighted by Gasteiger charge is -2.14. The Labute approximate surface area is 89.8 Å². The molecule has 0 aromatic heterocycles. The lowest BCUT2D eigenvalue weighted by atomic mass is 10.1. The molecule has 5 heteroatoms. The number of aliphatic carboxylic acids is 1. The Bertz CT molecular complexity index is 217. The van der Waals surface area contributed by atoms with Crippen LogP contribution in [0.25, 0.3) is 0 Å². The van der Waals surface area contributed by atoms with Gasteiger partial charge in [0.05, 0.1) is 0 Å². The van der Waals surface area contributed by atoms with Crippen molar-refractivity contribution >= 4 is 11.9 Å². The fourth-order valence-electron chi connectivity index (χ4n) is 1.25. The van der Waals surface area contributed by atoms with Gasteiger partial charge in [0, 0.05) is 20.1 Å². The first-order valence-corrected chi connectivity index (χ1v) is 5.02. The molecule has 0 radical (unpaired) electrons. The summed E-state index contributed by atoms with van der Waals surface area (Å²) in [6.07, 6.45) is 0.678. The van der Waals surface area contributed by atoms with Gasteiger partial charge in [0.25, 0.3) is 0 Å². The Balaban J connectivity index is 3.96. The zero-order valence-electron chi connectivity index (χ0n) is 9.45. The number of carboxylic acids is 1. The van der Waals surface area contributed by atoms with Gasteiger partial charge < -0.3 is 15.2 Å².